The Labute approximate surface area is 146 Å². The van der Waals surface area contributed by atoms with Gasteiger partial charge in [-0.2, -0.15) is 10.2 Å². The van der Waals surface area contributed by atoms with Crippen molar-refractivity contribution in [2.45, 2.75) is 44.6 Å². The molecule has 0 radical (unpaired) electrons. The minimum absolute atomic E-state index is 0.0871. The van der Waals surface area contributed by atoms with Gasteiger partial charge in [-0.1, -0.05) is 30.1 Å². The zero-order valence-electron chi connectivity index (χ0n) is 14.1. The van der Waals surface area contributed by atoms with Gasteiger partial charge in [0.05, 0.1) is 12.5 Å². The van der Waals surface area contributed by atoms with Gasteiger partial charge in [-0.05, 0) is 30.5 Å². The molecule has 0 atom stereocenters. The first-order valence-corrected chi connectivity index (χ1v) is 8.32. The normalized spacial score (nSPS) is 15.5. The molecule has 0 saturated heterocycles. The molecule has 7 nitrogen and oxygen atoms in total. The summed E-state index contributed by atoms with van der Waals surface area (Å²) in [7, 11) is 0. The molecule has 1 saturated carbocycles. The fraction of sp³-hybridized carbons (Fsp3) is 0.444. The molecule has 3 rings (SSSR count). The number of nitrogens with one attached hydrogen (secondary N) is 1. The van der Waals surface area contributed by atoms with Crippen molar-refractivity contribution in [2.75, 3.05) is 6.61 Å². The molecule has 1 N–H and O–H groups in total. The van der Waals surface area contributed by atoms with E-state index in [0.717, 1.165) is 31.2 Å². The van der Waals surface area contributed by atoms with E-state index in [-0.39, 0.29) is 12.5 Å². The van der Waals surface area contributed by atoms with Crippen LogP contribution in [0.2, 0.25) is 0 Å². The molecule has 1 aliphatic carbocycles. The maximum atomic E-state index is 12.4. The zero-order chi connectivity index (χ0) is 17.7. The van der Waals surface area contributed by atoms with Crippen molar-refractivity contribution in [3.05, 3.63) is 41.5 Å². The Morgan fingerprint density at radius 2 is 2.08 bits per heavy atom. The van der Waals surface area contributed by atoms with Crippen molar-refractivity contribution in [2.24, 2.45) is 0 Å². The van der Waals surface area contributed by atoms with Crippen LogP contribution < -0.4 is 10.1 Å². The molecule has 7 heteroatoms. The lowest BCUT2D eigenvalue weighted by Crippen LogP contribution is -2.46. The summed E-state index contributed by atoms with van der Waals surface area (Å²) < 4.78 is 10.6. The van der Waals surface area contributed by atoms with Crippen LogP contribution in [0.15, 0.2) is 28.8 Å². The first-order chi connectivity index (χ1) is 12.1. The number of benzene rings is 1. The van der Waals surface area contributed by atoms with Gasteiger partial charge in [0.2, 0.25) is 5.89 Å². The summed E-state index contributed by atoms with van der Waals surface area (Å²) in [4.78, 5) is 16.7. The number of nitrogens with zero attached hydrogens (tertiary/aromatic N) is 3. The van der Waals surface area contributed by atoms with Gasteiger partial charge in [0.1, 0.15) is 11.3 Å². The minimum atomic E-state index is -0.561. The molecule has 1 aliphatic rings. The summed E-state index contributed by atoms with van der Waals surface area (Å²) in [6, 6.07) is 9.24. The quantitative estimate of drug-likeness (QED) is 0.866. The highest BCUT2D eigenvalue weighted by atomic mass is 16.5. The van der Waals surface area contributed by atoms with Crippen LogP contribution in [0.4, 0.5) is 0 Å². The van der Waals surface area contributed by atoms with Crippen molar-refractivity contribution in [3.63, 3.8) is 0 Å². The van der Waals surface area contributed by atoms with Crippen molar-refractivity contribution in [1.29, 1.82) is 5.26 Å². The number of aromatic nitrogens is 2. The maximum absolute atomic E-state index is 12.4. The molecule has 1 amide bonds. The number of nitriles is 1. The van der Waals surface area contributed by atoms with Crippen LogP contribution in [0.1, 0.15) is 43.0 Å². The number of carbonyl (C=O) groups is 1. The molecular formula is C18H20N4O3. The number of aryl methyl sites for hydroxylation is 1. The average molecular weight is 340 g/mol. The standard InChI is InChI=1S/C18H20N4O3/c1-13-20-17(22-25-13)18(9-2-3-10-18)21-16(23)12-24-15-6-4-14(5-7-15)8-11-19/h4-7H,2-3,8-10,12H2,1H3,(H,21,23). The van der Waals surface area contributed by atoms with E-state index in [1.165, 1.54) is 0 Å². The van der Waals surface area contributed by atoms with E-state index in [2.05, 4.69) is 21.5 Å². The Balaban J connectivity index is 1.60. The minimum Gasteiger partial charge on any atom is -0.484 e. The number of hydrogen-bond donors (Lipinski definition) is 1. The van der Waals surface area contributed by atoms with Gasteiger partial charge in [-0.25, -0.2) is 0 Å². The Bertz CT molecular complexity index is 770. The predicted octanol–water partition coefficient (Wildman–Crippen LogP) is 2.41. The van der Waals surface area contributed by atoms with Crippen LogP contribution in [-0.4, -0.2) is 22.7 Å². The van der Waals surface area contributed by atoms with E-state index in [1.807, 2.05) is 12.1 Å². The second-order valence-corrected chi connectivity index (χ2v) is 6.24. The summed E-state index contributed by atoms with van der Waals surface area (Å²) in [5.41, 5.74) is 0.353. The molecule has 1 fully saturated rings. The monoisotopic (exact) mass is 340 g/mol. The summed E-state index contributed by atoms with van der Waals surface area (Å²) in [6.45, 7) is 1.65. The van der Waals surface area contributed by atoms with Crippen LogP contribution in [0.3, 0.4) is 0 Å². The van der Waals surface area contributed by atoms with Crippen molar-refractivity contribution in [3.8, 4) is 11.8 Å². The Hall–Kier alpha value is -2.88. The van der Waals surface area contributed by atoms with Crippen molar-refractivity contribution < 1.29 is 14.1 Å². The van der Waals surface area contributed by atoms with Gasteiger partial charge < -0.3 is 14.6 Å². The van der Waals surface area contributed by atoms with Gasteiger partial charge in [0.15, 0.2) is 12.4 Å². The van der Waals surface area contributed by atoms with E-state index in [0.29, 0.717) is 23.9 Å². The van der Waals surface area contributed by atoms with E-state index >= 15 is 0 Å². The van der Waals surface area contributed by atoms with Crippen molar-refractivity contribution >= 4 is 5.91 Å². The fourth-order valence-corrected chi connectivity index (χ4v) is 3.12. The first-order valence-electron chi connectivity index (χ1n) is 8.32. The average Bonchev–Trinajstić information content (AvgIpc) is 3.24. The van der Waals surface area contributed by atoms with E-state index in [1.54, 1.807) is 19.1 Å². The predicted molar refractivity (Wildman–Crippen MR) is 88.6 cm³/mol. The summed E-state index contributed by atoms with van der Waals surface area (Å²) in [5, 5.41) is 15.7. The lowest BCUT2D eigenvalue weighted by atomic mass is 9.96. The van der Waals surface area contributed by atoms with Crippen LogP contribution >= 0.6 is 0 Å². The van der Waals surface area contributed by atoms with Gasteiger partial charge in [0.25, 0.3) is 5.91 Å². The third kappa shape index (κ3) is 3.97. The number of hydrogen-bond acceptors (Lipinski definition) is 6. The van der Waals surface area contributed by atoms with Gasteiger partial charge in [-0.15, -0.1) is 0 Å². The summed E-state index contributed by atoms with van der Waals surface area (Å²) in [5.74, 6) is 1.40. The summed E-state index contributed by atoms with van der Waals surface area (Å²) in [6.07, 6.45) is 3.96. The molecule has 25 heavy (non-hydrogen) atoms. The molecule has 2 aromatic rings. The van der Waals surface area contributed by atoms with Crippen LogP contribution in [0.5, 0.6) is 5.75 Å². The number of amides is 1. The van der Waals surface area contributed by atoms with Gasteiger partial charge in [0, 0.05) is 6.92 Å². The lowest BCUT2D eigenvalue weighted by molar-refractivity contribution is -0.125. The molecule has 1 aromatic carbocycles. The molecular weight excluding hydrogens is 320 g/mol. The van der Waals surface area contributed by atoms with Crippen LogP contribution in [0, 0.1) is 18.3 Å². The second kappa shape index (κ2) is 7.34. The van der Waals surface area contributed by atoms with Gasteiger partial charge >= 0.3 is 0 Å². The van der Waals surface area contributed by atoms with E-state index in [9.17, 15) is 4.79 Å². The van der Waals surface area contributed by atoms with Crippen LogP contribution in [0.25, 0.3) is 0 Å². The Morgan fingerprint density at radius 3 is 2.68 bits per heavy atom. The maximum Gasteiger partial charge on any atom is 0.258 e. The Morgan fingerprint density at radius 1 is 1.36 bits per heavy atom. The molecule has 1 aromatic heterocycles. The lowest BCUT2D eigenvalue weighted by Gasteiger charge is -2.26. The number of rotatable bonds is 6. The van der Waals surface area contributed by atoms with Crippen molar-refractivity contribution in [1.82, 2.24) is 15.5 Å². The Kier molecular flexibility index (Phi) is 4.98. The molecule has 1 heterocycles. The van der Waals surface area contributed by atoms with Gasteiger partial charge in [-0.3, -0.25) is 4.79 Å². The topological polar surface area (TPSA) is 101 Å². The molecule has 0 aliphatic heterocycles. The molecule has 0 unspecified atom stereocenters. The zero-order valence-corrected chi connectivity index (χ0v) is 14.1. The first kappa shape index (κ1) is 17.0. The largest absolute Gasteiger partial charge is 0.484 e. The third-order valence-corrected chi connectivity index (χ3v) is 4.37. The molecule has 0 spiro atoms. The highest BCUT2D eigenvalue weighted by Gasteiger charge is 2.41. The smallest absolute Gasteiger partial charge is 0.258 e. The summed E-state index contributed by atoms with van der Waals surface area (Å²) >= 11 is 0. The second-order valence-electron chi connectivity index (χ2n) is 6.24. The molecule has 0 bridgehead atoms. The molecule has 130 valence electrons. The highest BCUT2D eigenvalue weighted by molar-refractivity contribution is 5.78. The van der Waals surface area contributed by atoms with Crippen LogP contribution in [-0.2, 0) is 16.8 Å². The number of carbonyl (C=O) groups excluding carboxylic acids is 1. The highest BCUT2D eigenvalue weighted by Crippen LogP contribution is 2.37. The van der Waals surface area contributed by atoms with E-state index < -0.39 is 5.54 Å². The third-order valence-electron chi connectivity index (χ3n) is 4.37. The fourth-order valence-electron chi connectivity index (χ4n) is 3.12. The SMILES string of the molecule is Cc1nc(C2(NC(=O)COc3ccc(CC#N)cc3)CCCC2)no1. The van der Waals surface area contributed by atoms with E-state index in [4.69, 9.17) is 14.5 Å². The number of ether oxygens (including phenoxy) is 1.